The van der Waals surface area contributed by atoms with E-state index in [2.05, 4.69) is 33.8 Å². The lowest BCUT2D eigenvalue weighted by atomic mass is 9.56. The molecule has 1 saturated carbocycles. The molecule has 1 aliphatic carbocycles. The summed E-state index contributed by atoms with van der Waals surface area (Å²) in [7, 11) is 0. The molecule has 0 radical (unpaired) electrons. The molecule has 3 nitrogen and oxygen atoms in total. The first-order chi connectivity index (χ1) is 9.07. The Morgan fingerprint density at radius 2 is 1.90 bits per heavy atom. The summed E-state index contributed by atoms with van der Waals surface area (Å²) in [5.74, 6) is 0.212. The third-order valence-electron chi connectivity index (χ3n) is 4.96. The Bertz CT molecular complexity index is 376. The van der Waals surface area contributed by atoms with Gasteiger partial charge in [0.1, 0.15) is 0 Å². The molecule has 1 fully saturated rings. The second-order valence-corrected chi connectivity index (χ2v) is 7.29. The third kappa shape index (κ3) is 4.08. The van der Waals surface area contributed by atoms with Crippen LogP contribution >= 0.6 is 0 Å². The molecule has 1 rings (SSSR count). The van der Waals surface area contributed by atoms with Crippen LogP contribution in [0.1, 0.15) is 60.8 Å². The molecule has 0 aliphatic heterocycles. The maximum absolute atomic E-state index is 11.1. The smallest absolute Gasteiger partial charge is 0.302 e. The molecule has 0 aromatic rings. The highest BCUT2D eigenvalue weighted by Gasteiger charge is 2.50. The Morgan fingerprint density at radius 1 is 1.30 bits per heavy atom. The maximum Gasteiger partial charge on any atom is 0.302 e. The van der Waals surface area contributed by atoms with Crippen LogP contribution in [0.3, 0.4) is 0 Å². The molecular formula is C17H30O3. The van der Waals surface area contributed by atoms with E-state index in [1.165, 1.54) is 12.5 Å². The fourth-order valence-corrected chi connectivity index (χ4v) is 3.49. The summed E-state index contributed by atoms with van der Waals surface area (Å²) in [4.78, 5) is 11.1. The molecule has 116 valence electrons. The zero-order valence-electron chi connectivity index (χ0n) is 13.8. The predicted octanol–water partition coefficient (Wildman–Crippen LogP) is 3.71. The lowest BCUT2D eigenvalue weighted by Gasteiger charge is -2.52. The molecule has 0 saturated heterocycles. The first-order valence-electron chi connectivity index (χ1n) is 7.56. The molecule has 3 heteroatoms. The largest absolute Gasteiger partial charge is 0.465 e. The van der Waals surface area contributed by atoms with Crippen molar-refractivity contribution >= 4 is 5.97 Å². The summed E-state index contributed by atoms with van der Waals surface area (Å²) in [5, 5.41) is 10.7. The highest BCUT2D eigenvalue weighted by atomic mass is 16.5. The van der Waals surface area contributed by atoms with Crippen LogP contribution in [0, 0.1) is 17.3 Å². The molecule has 0 bridgehead atoms. The third-order valence-corrected chi connectivity index (χ3v) is 4.96. The minimum absolute atomic E-state index is 0.0248. The van der Waals surface area contributed by atoms with E-state index < -0.39 is 5.60 Å². The van der Waals surface area contributed by atoms with Crippen molar-refractivity contribution in [3.8, 4) is 0 Å². The van der Waals surface area contributed by atoms with Crippen LogP contribution in [-0.4, -0.2) is 23.3 Å². The maximum atomic E-state index is 11.1. The van der Waals surface area contributed by atoms with Gasteiger partial charge < -0.3 is 9.84 Å². The topological polar surface area (TPSA) is 46.5 Å². The highest BCUT2D eigenvalue weighted by Crippen LogP contribution is 2.51. The summed E-state index contributed by atoms with van der Waals surface area (Å²) in [5.41, 5.74) is 0.512. The molecule has 1 aliphatic rings. The molecule has 0 aromatic heterocycles. The zero-order chi connectivity index (χ0) is 15.6. The summed E-state index contributed by atoms with van der Waals surface area (Å²) >= 11 is 0. The van der Waals surface area contributed by atoms with Crippen molar-refractivity contribution in [2.75, 3.05) is 6.61 Å². The number of rotatable bonds is 4. The molecular weight excluding hydrogens is 252 g/mol. The van der Waals surface area contributed by atoms with E-state index >= 15 is 0 Å². The minimum Gasteiger partial charge on any atom is -0.465 e. The van der Waals surface area contributed by atoms with E-state index in [9.17, 15) is 9.90 Å². The van der Waals surface area contributed by atoms with Crippen molar-refractivity contribution in [3.05, 3.63) is 11.6 Å². The van der Waals surface area contributed by atoms with E-state index in [4.69, 9.17) is 4.74 Å². The van der Waals surface area contributed by atoms with Crippen molar-refractivity contribution in [2.24, 2.45) is 17.3 Å². The van der Waals surface area contributed by atoms with Gasteiger partial charge in [-0.05, 0) is 51.4 Å². The van der Waals surface area contributed by atoms with Crippen molar-refractivity contribution in [1.29, 1.82) is 0 Å². The Labute approximate surface area is 123 Å². The number of esters is 1. The fourth-order valence-electron chi connectivity index (χ4n) is 3.49. The highest BCUT2D eigenvalue weighted by molar-refractivity contribution is 5.65. The summed E-state index contributed by atoms with van der Waals surface area (Å²) in [6, 6.07) is 0. The van der Waals surface area contributed by atoms with Crippen molar-refractivity contribution in [1.82, 2.24) is 0 Å². The Hall–Kier alpha value is -0.830. The Kier molecular flexibility index (Phi) is 5.42. The fraction of sp³-hybridized carbons (Fsp3) is 0.824. The quantitative estimate of drug-likeness (QED) is 0.631. The first kappa shape index (κ1) is 17.2. The van der Waals surface area contributed by atoms with Gasteiger partial charge in [-0.2, -0.15) is 0 Å². The number of carbonyl (C=O) groups excluding carboxylic acids is 1. The Morgan fingerprint density at radius 3 is 2.40 bits per heavy atom. The normalized spacial score (nSPS) is 32.5. The van der Waals surface area contributed by atoms with Crippen LogP contribution in [0.15, 0.2) is 11.6 Å². The SMILES string of the molecule is CC(=O)OC[C@@H]1C(C)(C)[C@H](CC=C(C)C)CC[C@]1(C)O. The molecule has 0 aromatic carbocycles. The van der Waals surface area contributed by atoms with E-state index in [1.54, 1.807) is 0 Å². The number of hydrogen-bond acceptors (Lipinski definition) is 3. The molecule has 3 atom stereocenters. The van der Waals surface area contributed by atoms with Gasteiger partial charge in [-0.3, -0.25) is 4.79 Å². The first-order valence-corrected chi connectivity index (χ1v) is 7.56. The van der Waals surface area contributed by atoms with Crippen molar-refractivity contribution in [2.45, 2.75) is 66.4 Å². The van der Waals surface area contributed by atoms with Gasteiger partial charge in [-0.15, -0.1) is 0 Å². The Balaban J connectivity index is 2.90. The molecule has 20 heavy (non-hydrogen) atoms. The van der Waals surface area contributed by atoms with Crippen LogP contribution in [0.4, 0.5) is 0 Å². The van der Waals surface area contributed by atoms with Crippen LogP contribution in [0.2, 0.25) is 0 Å². The zero-order valence-corrected chi connectivity index (χ0v) is 13.8. The molecule has 0 unspecified atom stereocenters. The second-order valence-electron chi connectivity index (χ2n) is 7.29. The van der Waals surface area contributed by atoms with Gasteiger partial charge in [0.15, 0.2) is 0 Å². The molecule has 1 N–H and O–H groups in total. The second kappa shape index (κ2) is 6.30. The average Bonchev–Trinajstić information content (AvgIpc) is 2.25. The van der Waals surface area contributed by atoms with Crippen LogP contribution < -0.4 is 0 Å². The summed E-state index contributed by atoms with van der Waals surface area (Å²) < 4.78 is 5.21. The number of aliphatic hydroxyl groups is 1. The number of hydrogen-bond donors (Lipinski definition) is 1. The van der Waals surface area contributed by atoms with Gasteiger partial charge in [0.05, 0.1) is 12.2 Å². The van der Waals surface area contributed by atoms with Crippen molar-refractivity contribution in [3.63, 3.8) is 0 Å². The van der Waals surface area contributed by atoms with Crippen LogP contribution in [0.25, 0.3) is 0 Å². The van der Waals surface area contributed by atoms with E-state index in [0.29, 0.717) is 12.5 Å². The van der Waals surface area contributed by atoms with E-state index in [-0.39, 0.29) is 17.3 Å². The summed E-state index contributed by atoms with van der Waals surface area (Å²) in [6.07, 6.45) is 5.08. The lowest BCUT2D eigenvalue weighted by Crippen LogP contribution is -2.53. The number of carbonyl (C=O) groups is 1. The van der Waals surface area contributed by atoms with Gasteiger partial charge in [0.25, 0.3) is 0 Å². The molecule has 0 spiro atoms. The molecule has 0 amide bonds. The number of allylic oxidation sites excluding steroid dienone is 2. The van der Waals surface area contributed by atoms with Gasteiger partial charge in [-0.25, -0.2) is 0 Å². The van der Waals surface area contributed by atoms with Gasteiger partial charge in [-0.1, -0.05) is 25.5 Å². The van der Waals surface area contributed by atoms with Crippen molar-refractivity contribution < 1.29 is 14.6 Å². The molecule has 0 heterocycles. The van der Waals surface area contributed by atoms with Gasteiger partial charge in [0.2, 0.25) is 0 Å². The van der Waals surface area contributed by atoms with Gasteiger partial charge >= 0.3 is 5.97 Å². The minimum atomic E-state index is -0.763. The van der Waals surface area contributed by atoms with Crippen LogP contribution in [0.5, 0.6) is 0 Å². The number of ether oxygens (including phenoxy) is 1. The standard InChI is InChI=1S/C17H30O3/c1-12(2)7-8-14-9-10-17(6,19)15(16(14,4)5)11-20-13(3)18/h7,14-15,19H,8-11H2,1-6H3/t14-,15-,17+/m1/s1. The van der Waals surface area contributed by atoms with E-state index in [0.717, 1.165) is 19.3 Å². The monoisotopic (exact) mass is 282 g/mol. The summed E-state index contributed by atoms with van der Waals surface area (Å²) in [6.45, 7) is 12.2. The average molecular weight is 282 g/mol. The van der Waals surface area contributed by atoms with E-state index in [1.807, 2.05) is 6.92 Å². The predicted molar refractivity (Wildman–Crippen MR) is 81.3 cm³/mol. The lowest BCUT2D eigenvalue weighted by molar-refractivity contribution is -0.161. The van der Waals surface area contributed by atoms with Gasteiger partial charge in [0, 0.05) is 12.8 Å². The van der Waals surface area contributed by atoms with Crippen LogP contribution in [-0.2, 0) is 9.53 Å².